The molecule has 3 rings (SSSR count). The molecule has 2 aliphatic rings. The molecular weight excluding hydrogens is 288 g/mol. The van der Waals surface area contributed by atoms with Gasteiger partial charge in [0.15, 0.2) is 0 Å². The number of carbonyl (C=O) groups is 1. The van der Waals surface area contributed by atoms with Crippen molar-refractivity contribution in [3.8, 4) is 5.75 Å². The highest BCUT2D eigenvalue weighted by molar-refractivity contribution is 5.78. The second-order valence-corrected chi connectivity index (χ2v) is 6.99. The summed E-state index contributed by atoms with van der Waals surface area (Å²) < 4.78 is 5.24. The fraction of sp³-hybridized carbons (Fsp3) is 0.632. The maximum Gasteiger partial charge on any atom is 0.236 e. The molecule has 2 aliphatic heterocycles. The first-order valence-electron chi connectivity index (χ1n) is 8.83. The Morgan fingerprint density at radius 3 is 2.61 bits per heavy atom. The van der Waals surface area contributed by atoms with Gasteiger partial charge < -0.3 is 9.64 Å². The minimum atomic E-state index is 0.303. The Bertz CT molecular complexity index is 529. The van der Waals surface area contributed by atoms with Crippen molar-refractivity contribution in [2.45, 2.75) is 38.6 Å². The summed E-state index contributed by atoms with van der Waals surface area (Å²) in [4.78, 5) is 17.1. The summed E-state index contributed by atoms with van der Waals surface area (Å²) in [6, 6.07) is 8.66. The van der Waals surface area contributed by atoms with Crippen LogP contribution >= 0.6 is 0 Å². The van der Waals surface area contributed by atoms with Gasteiger partial charge in [-0.25, -0.2) is 0 Å². The number of amides is 1. The average molecular weight is 316 g/mol. The zero-order valence-electron chi connectivity index (χ0n) is 14.3. The monoisotopic (exact) mass is 316 g/mol. The van der Waals surface area contributed by atoms with Crippen LogP contribution in [-0.2, 0) is 4.79 Å². The number of hydrogen-bond donors (Lipinski definition) is 0. The van der Waals surface area contributed by atoms with Gasteiger partial charge in [0, 0.05) is 19.1 Å². The van der Waals surface area contributed by atoms with Gasteiger partial charge in [0.05, 0.1) is 13.7 Å². The first kappa shape index (κ1) is 16.3. The van der Waals surface area contributed by atoms with Crippen LogP contribution in [0.4, 0.5) is 0 Å². The number of piperidine rings is 1. The van der Waals surface area contributed by atoms with Crippen molar-refractivity contribution in [3.05, 3.63) is 29.8 Å². The lowest BCUT2D eigenvalue weighted by Gasteiger charge is -2.33. The van der Waals surface area contributed by atoms with Crippen LogP contribution in [0.1, 0.15) is 44.2 Å². The van der Waals surface area contributed by atoms with Gasteiger partial charge in [-0.2, -0.15) is 0 Å². The predicted octanol–water partition coefficient (Wildman–Crippen LogP) is 3.09. The van der Waals surface area contributed by atoms with Crippen molar-refractivity contribution in [2.24, 2.45) is 5.92 Å². The molecule has 0 radical (unpaired) electrons. The highest BCUT2D eigenvalue weighted by Gasteiger charge is 2.30. The molecule has 0 aliphatic carbocycles. The van der Waals surface area contributed by atoms with Crippen molar-refractivity contribution in [2.75, 3.05) is 33.3 Å². The summed E-state index contributed by atoms with van der Waals surface area (Å²) in [5.74, 6) is 1.83. The molecule has 1 amide bonds. The molecule has 4 nitrogen and oxygen atoms in total. The molecule has 0 spiro atoms. The third-order valence-corrected chi connectivity index (χ3v) is 5.21. The molecule has 2 saturated heterocycles. The third-order valence-electron chi connectivity index (χ3n) is 5.21. The second-order valence-electron chi connectivity index (χ2n) is 6.99. The number of methoxy groups -OCH3 is 1. The van der Waals surface area contributed by atoms with Crippen molar-refractivity contribution in [3.63, 3.8) is 0 Å². The van der Waals surface area contributed by atoms with Crippen molar-refractivity contribution >= 4 is 5.91 Å². The van der Waals surface area contributed by atoms with Gasteiger partial charge in [0.2, 0.25) is 5.91 Å². The van der Waals surface area contributed by atoms with Gasteiger partial charge in [-0.05, 0) is 55.8 Å². The highest BCUT2D eigenvalue weighted by atomic mass is 16.5. The van der Waals surface area contributed by atoms with Gasteiger partial charge >= 0.3 is 0 Å². The smallest absolute Gasteiger partial charge is 0.236 e. The fourth-order valence-electron chi connectivity index (χ4n) is 3.91. The highest BCUT2D eigenvalue weighted by Crippen LogP contribution is 2.32. The molecule has 0 N–H and O–H groups in total. The number of nitrogens with zero attached hydrogens (tertiary/aromatic N) is 2. The van der Waals surface area contributed by atoms with E-state index in [1.165, 1.54) is 18.4 Å². The van der Waals surface area contributed by atoms with Crippen molar-refractivity contribution in [1.29, 1.82) is 0 Å². The molecule has 126 valence electrons. The number of hydrogen-bond acceptors (Lipinski definition) is 3. The van der Waals surface area contributed by atoms with Crippen LogP contribution in [0.25, 0.3) is 0 Å². The Morgan fingerprint density at radius 2 is 1.91 bits per heavy atom. The van der Waals surface area contributed by atoms with Crippen LogP contribution in [0, 0.1) is 5.92 Å². The summed E-state index contributed by atoms with van der Waals surface area (Å²) in [6.45, 7) is 5.69. The van der Waals surface area contributed by atoms with Crippen LogP contribution in [0.5, 0.6) is 5.75 Å². The van der Waals surface area contributed by atoms with E-state index < -0.39 is 0 Å². The summed E-state index contributed by atoms with van der Waals surface area (Å²) in [7, 11) is 1.69. The molecular formula is C19H28N2O2. The SMILES string of the molecule is COc1ccc([C@@H]2CCCN2CC(=O)N2CCC[C@H](C)C2)cc1. The Morgan fingerprint density at radius 1 is 1.17 bits per heavy atom. The van der Waals surface area contributed by atoms with E-state index in [-0.39, 0.29) is 0 Å². The molecule has 2 fully saturated rings. The molecule has 0 unspecified atom stereocenters. The standard InChI is InChI=1S/C19H28N2O2/c1-15-5-3-12-21(13-15)19(22)14-20-11-4-6-18(20)16-7-9-17(23-2)10-8-16/h7-10,15,18H,3-6,11-14H2,1-2H3/t15-,18-/m0/s1. The topological polar surface area (TPSA) is 32.8 Å². The summed E-state index contributed by atoms with van der Waals surface area (Å²) in [6.07, 6.45) is 4.70. The summed E-state index contributed by atoms with van der Waals surface area (Å²) >= 11 is 0. The molecule has 0 bridgehead atoms. The fourth-order valence-corrected chi connectivity index (χ4v) is 3.91. The van der Waals surface area contributed by atoms with E-state index >= 15 is 0 Å². The minimum Gasteiger partial charge on any atom is -0.497 e. The Balaban J connectivity index is 1.63. The molecule has 0 saturated carbocycles. The molecule has 23 heavy (non-hydrogen) atoms. The maximum atomic E-state index is 12.6. The third kappa shape index (κ3) is 3.86. The lowest BCUT2D eigenvalue weighted by Crippen LogP contribution is -2.44. The van der Waals surface area contributed by atoms with E-state index in [0.29, 0.717) is 24.4 Å². The maximum absolute atomic E-state index is 12.6. The van der Waals surface area contributed by atoms with Crippen molar-refractivity contribution < 1.29 is 9.53 Å². The van der Waals surface area contributed by atoms with Gasteiger partial charge in [-0.15, -0.1) is 0 Å². The Labute approximate surface area is 139 Å². The van der Waals surface area contributed by atoms with Gasteiger partial charge in [-0.3, -0.25) is 9.69 Å². The Hall–Kier alpha value is -1.55. The lowest BCUT2D eigenvalue weighted by atomic mass is 10.0. The van der Waals surface area contributed by atoms with Gasteiger partial charge in [0.25, 0.3) is 0 Å². The minimum absolute atomic E-state index is 0.303. The first-order valence-corrected chi connectivity index (χ1v) is 8.83. The Kier molecular flexibility index (Phi) is 5.21. The van der Waals surface area contributed by atoms with E-state index in [4.69, 9.17) is 4.74 Å². The molecule has 1 aromatic rings. The molecule has 0 aromatic heterocycles. The van der Waals surface area contributed by atoms with Crippen LogP contribution in [0.3, 0.4) is 0 Å². The second kappa shape index (κ2) is 7.35. The van der Waals surface area contributed by atoms with Gasteiger partial charge in [-0.1, -0.05) is 19.1 Å². The quantitative estimate of drug-likeness (QED) is 0.856. The zero-order chi connectivity index (χ0) is 16.2. The van der Waals surface area contributed by atoms with Crippen LogP contribution in [0.15, 0.2) is 24.3 Å². The van der Waals surface area contributed by atoms with E-state index in [1.807, 2.05) is 12.1 Å². The number of ether oxygens (including phenoxy) is 1. The molecule has 1 aromatic carbocycles. The number of likely N-dealkylation sites (tertiary alicyclic amines) is 2. The van der Waals surface area contributed by atoms with Crippen LogP contribution in [-0.4, -0.2) is 49.0 Å². The number of carbonyl (C=O) groups excluding carboxylic acids is 1. The predicted molar refractivity (Wildman–Crippen MR) is 91.5 cm³/mol. The molecule has 2 atom stereocenters. The number of rotatable bonds is 4. The average Bonchev–Trinajstić information content (AvgIpc) is 3.03. The lowest BCUT2D eigenvalue weighted by molar-refractivity contribution is -0.134. The van der Waals surface area contributed by atoms with Crippen LogP contribution < -0.4 is 4.74 Å². The van der Waals surface area contributed by atoms with E-state index in [9.17, 15) is 4.79 Å². The summed E-state index contributed by atoms with van der Waals surface area (Å²) in [5.41, 5.74) is 1.29. The molecule has 4 heteroatoms. The summed E-state index contributed by atoms with van der Waals surface area (Å²) in [5, 5.41) is 0. The van der Waals surface area contributed by atoms with E-state index in [1.54, 1.807) is 7.11 Å². The van der Waals surface area contributed by atoms with Crippen molar-refractivity contribution in [1.82, 2.24) is 9.80 Å². The zero-order valence-corrected chi connectivity index (χ0v) is 14.3. The first-order chi connectivity index (χ1) is 11.2. The van der Waals surface area contributed by atoms with E-state index in [2.05, 4.69) is 28.9 Å². The normalized spacial score (nSPS) is 25.6. The molecule has 2 heterocycles. The van der Waals surface area contributed by atoms with Gasteiger partial charge in [0.1, 0.15) is 5.75 Å². The van der Waals surface area contributed by atoms with Crippen LogP contribution in [0.2, 0.25) is 0 Å². The number of benzene rings is 1. The van der Waals surface area contributed by atoms with E-state index in [0.717, 1.165) is 38.2 Å². The largest absolute Gasteiger partial charge is 0.497 e.